The number of piperazine rings is 1. The molecule has 3 aliphatic rings. The van der Waals surface area contributed by atoms with Gasteiger partial charge in [0.1, 0.15) is 12.4 Å². The van der Waals surface area contributed by atoms with E-state index in [0.29, 0.717) is 0 Å². The van der Waals surface area contributed by atoms with Crippen LogP contribution >= 0.6 is 0 Å². The summed E-state index contributed by atoms with van der Waals surface area (Å²) in [6.45, 7) is 25.2. The fraction of sp³-hybridized carbons (Fsp3) is 0.683. The van der Waals surface area contributed by atoms with Crippen molar-refractivity contribution in [3.63, 3.8) is 0 Å². The Balaban J connectivity index is 0.000000238. The summed E-state index contributed by atoms with van der Waals surface area (Å²) in [4.78, 5) is 23.6. The molecule has 50 heavy (non-hydrogen) atoms. The van der Waals surface area contributed by atoms with Gasteiger partial charge in [0.25, 0.3) is 5.91 Å². The Labute approximate surface area is 305 Å². The van der Waals surface area contributed by atoms with Crippen LogP contribution < -0.4 is 4.74 Å². The van der Waals surface area contributed by atoms with E-state index in [1.165, 1.54) is 69.4 Å². The first kappa shape index (κ1) is 43.6. The highest BCUT2D eigenvalue weighted by Crippen LogP contribution is 2.13. The molecule has 0 aromatic heterocycles. The molecule has 2 aromatic rings. The molecule has 3 saturated heterocycles. The molecular formula is C41H71N5O4. The monoisotopic (exact) mass is 698 g/mol. The van der Waals surface area contributed by atoms with Crippen molar-refractivity contribution < 1.29 is 19.0 Å². The number of hydrogen-bond acceptors (Lipinski definition) is 8. The largest absolute Gasteiger partial charge is 0.492 e. The summed E-state index contributed by atoms with van der Waals surface area (Å²) in [5, 5.41) is 0. The molecule has 9 heteroatoms. The number of rotatable bonds is 13. The third kappa shape index (κ3) is 19.2. The van der Waals surface area contributed by atoms with Crippen LogP contribution in [0.4, 0.5) is 0 Å². The number of likely N-dealkylation sites (tertiary alicyclic amines) is 2. The molecule has 0 N–H and O–H groups in total. The number of piperidine rings is 1. The average molecular weight is 698 g/mol. The van der Waals surface area contributed by atoms with E-state index in [4.69, 9.17) is 14.2 Å². The van der Waals surface area contributed by atoms with Crippen LogP contribution in [-0.4, -0.2) is 157 Å². The summed E-state index contributed by atoms with van der Waals surface area (Å²) in [7, 11) is 5.60. The van der Waals surface area contributed by atoms with Crippen LogP contribution in [0, 0.1) is 13.8 Å². The van der Waals surface area contributed by atoms with Crippen LogP contribution in [0.15, 0.2) is 48.5 Å². The minimum atomic E-state index is 0.160. The van der Waals surface area contributed by atoms with Crippen molar-refractivity contribution in [1.82, 2.24) is 24.5 Å². The number of likely N-dealkylation sites (N-methyl/N-ethyl adjacent to an activating group) is 2. The zero-order valence-corrected chi connectivity index (χ0v) is 32.8. The lowest BCUT2D eigenvalue weighted by molar-refractivity contribution is 0.0664. The first-order chi connectivity index (χ1) is 24.3. The first-order valence-corrected chi connectivity index (χ1v) is 19.2. The Morgan fingerprint density at radius 3 is 1.62 bits per heavy atom. The molecule has 1 amide bonds. The minimum absolute atomic E-state index is 0.160. The molecule has 3 fully saturated rings. The molecule has 0 unspecified atom stereocenters. The molecule has 0 bridgehead atoms. The van der Waals surface area contributed by atoms with E-state index >= 15 is 0 Å². The lowest BCUT2D eigenvalue weighted by atomic mass is 10.1. The fourth-order valence-electron chi connectivity index (χ4n) is 5.99. The zero-order valence-electron chi connectivity index (χ0n) is 32.8. The van der Waals surface area contributed by atoms with Gasteiger partial charge in [-0.3, -0.25) is 9.69 Å². The van der Waals surface area contributed by atoms with Crippen LogP contribution in [0.1, 0.15) is 67.4 Å². The van der Waals surface area contributed by atoms with E-state index in [2.05, 4.69) is 59.6 Å². The number of methoxy groups -OCH3 is 2. The number of hydrogen-bond donors (Lipinski definition) is 0. The van der Waals surface area contributed by atoms with Crippen molar-refractivity contribution in [1.29, 1.82) is 0 Å². The number of carbonyl (C=O) groups excluding carboxylic acids is 1. The molecule has 0 atom stereocenters. The molecule has 0 aliphatic carbocycles. The predicted molar refractivity (Wildman–Crippen MR) is 209 cm³/mol. The average Bonchev–Trinajstić information content (AvgIpc) is 3.67. The van der Waals surface area contributed by atoms with Gasteiger partial charge in [0.15, 0.2) is 0 Å². The van der Waals surface area contributed by atoms with Crippen LogP contribution in [0.3, 0.4) is 0 Å². The van der Waals surface area contributed by atoms with Crippen molar-refractivity contribution >= 4 is 5.91 Å². The number of ether oxygens (including phenoxy) is 3. The SMILES string of the molecule is CCN(CC)CCOC.COCCN1CCCCC1.Cc1ccc(C(=O)N2CCN(C)CC2)cc1.Cc1ccc(OCCN2CCCC2)cc1. The molecule has 0 radical (unpaired) electrons. The van der Waals surface area contributed by atoms with E-state index in [1.54, 1.807) is 14.2 Å². The number of amides is 1. The zero-order chi connectivity index (χ0) is 36.4. The van der Waals surface area contributed by atoms with Crippen molar-refractivity contribution in [2.75, 3.05) is 126 Å². The number of benzene rings is 2. The fourth-order valence-corrected chi connectivity index (χ4v) is 5.99. The molecular weight excluding hydrogens is 626 g/mol. The Morgan fingerprint density at radius 1 is 0.640 bits per heavy atom. The number of aryl methyl sites for hydroxylation is 2. The normalized spacial score (nSPS) is 16.8. The molecule has 3 aliphatic heterocycles. The summed E-state index contributed by atoms with van der Waals surface area (Å²) in [5.41, 5.74) is 3.27. The molecule has 2 aromatic carbocycles. The van der Waals surface area contributed by atoms with Gasteiger partial charge >= 0.3 is 0 Å². The summed E-state index contributed by atoms with van der Waals surface area (Å²) >= 11 is 0. The Morgan fingerprint density at radius 2 is 1.12 bits per heavy atom. The summed E-state index contributed by atoms with van der Waals surface area (Å²) < 4.78 is 15.6. The highest BCUT2D eigenvalue weighted by molar-refractivity contribution is 5.94. The van der Waals surface area contributed by atoms with E-state index in [9.17, 15) is 4.79 Å². The minimum Gasteiger partial charge on any atom is -0.492 e. The molecule has 284 valence electrons. The predicted octanol–water partition coefficient (Wildman–Crippen LogP) is 5.95. The van der Waals surface area contributed by atoms with E-state index in [0.717, 1.165) is 90.0 Å². The van der Waals surface area contributed by atoms with Gasteiger partial charge in [-0.05, 0) is 110 Å². The summed E-state index contributed by atoms with van der Waals surface area (Å²) in [5.74, 6) is 1.15. The third-order valence-electron chi connectivity index (χ3n) is 9.55. The highest BCUT2D eigenvalue weighted by atomic mass is 16.5. The smallest absolute Gasteiger partial charge is 0.253 e. The van der Waals surface area contributed by atoms with Gasteiger partial charge in [0.2, 0.25) is 0 Å². The third-order valence-corrected chi connectivity index (χ3v) is 9.55. The molecule has 3 heterocycles. The van der Waals surface area contributed by atoms with Crippen molar-refractivity contribution in [2.24, 2.45) is 0 Å². The van der Waals surface area contributed by atoms with Crippen LogP contribution in [0.25, 0.3) is 0 Å². The van der Waals surface area contributed by atoms with Gasteiger partial charge in [-0.1, -0.05) is 55.7 Å². The van der Waals surface area contributed by atoms with Crippen molar-refractivity contribution in [2.45, 2.75) is 59.8 Å². The number of nitrogens with zero attached hydrogens (tertiary/aromatic N) is 5. The van der Waals surface area contributed by atoms with Crippen molar-refractivity contribution in [3.8, 4) is 5.75 Å². The summed E-state index contributed by atoms with van der Waals surface area (Å²) in [6.07, 6.45) is 6.88. The van der Waals surface area contributed by atoms with Gasteiger partial charge < -0.3 is 33.8 Å². The van der Waals surface area contributed by atoms with E-state index in [1.807, 2.05) is 48.2 Å². The number of carbonyl (C=O) groups is 1. The lowest BCUT2D eigenvalue weighted by Crippen LogP contribution is -2.47. The topological polar surface area (TPSA) is 61.0 Å². The second-order valence-electron chi connectivity index (χ2n) is 13.6. The van der Waals surface area contributed by atoms with Gasteiger partial charge in [-0.15, -0.1) is 0 Å². The maximum atomic E-state index is 12.1. The highest BCUT2D eigenvalue weighted by Gasteiger charge is 2.20. The Kier molecular flexibility index (Phi) is 23.7. The van der Waals surface area contributed by atoms with Gasteiger partial charge in [-0.2, -0.15) is 0 Å². The standard InChI is InChI=1S/C13H18N2O.C13H19NO.C8H17NO.C7H17NO/c1-11-3-5-12(6-4-11)13(16)15-9-7-14(2)8-10-15;1-12-4-6-13(7-5-12)15-11-10-14-8-2-3-9-14;1-10-8-7-9-5-3-2-4-6-9;1-4-8(5-2)6-7-9-3/h3-6H,7-10H2,1-2H3;4-7H,2-3,8-11H2,1H3;2-8H2,1H3;4-7H2,1-3H3. The van der Waals surface area contributed by atoms with Crippen LogP contribution in [0.2, 0.25) is 0 Å². The second-order valence-corrected chi connectivity index (χ2v) is 13.6. The quantitative estimate of drug-likeness (QED) is 0.255. The lowest BCUT2D eigenvalue weighted by Gasteiger charge is -2.32. The molecule has 0 saturated carbocycles. The van der Waals surface area contributed by atoms with E-state index < -0.39 is 0 Å². The Bertz CT molecular complexity index is 1090. The molecule has 5 rings (SSSR count). The summed E-state index contributed by atoms with van der Waals surface area (Å²) in [6, 6.07) is 16.1. The van der Waals surface area contributed by atoms with Crippen LogP contribution in [-0.2, 0) is 9.47 Å². The first-order valence-electron chi connectivity index (χ1n) is 19.2. The van der Waals surface area contributed by atoms with Gasteiger partial charge in [0, 0.05) is 65.6 Å². The maximum Gasteiger partial charge on any atom is 0.253 e. The van der Waals surface area contributed by atoms with Gasteiger partial charge in [0.05, 0.1) is 13.2 Å². The van der Waals surface area contributed by atoms with Crippen LogP contribution in [0.5, 0.6) is 5.75 Å². The van der Waals surface area contributed by atoms with Crippen molar-refractivity contribution in [3.05, 3.63) is 65.2 Å². The Hall–Kier alpha value is -2.53. The second kappa shape index (κ2) is 27.2. The van der Waals surface area contributed by atoms with E-state index in [-0.39, 0.29) is 5.91 Å². The van der Waals surface area contributed by atoms with Gasteiger partial charge in [-0.25, -0.2) is 0 Å². The molecule has 9 nitrogen and oxygen atoms in total. The molecule has 0 spiro atoms. The maximum absolute atomic E-state index is 12.1.